The highest BCUT2D eigenvalue weighted by Gasteiger charge is 2.28. The van der Waals surface area contributed by atoms with Crippen molar-refractivity contribution >= 4 is 39.7 Å². The van der Waals surface area contributed by atoms with Crippen LogP contribution in [0.25, 0.3) is 10.8 Å². The lowest BCUT2D eigenvalue weighted by Gasteiger charge is -2.28. The van der Waals surface area contributed by atoms with Gasteiger partial charge in [-0.15, -0.1) is 0 Å². The van der Waals surface area contributed by atoms with E-state index >= 15 is 0 Å². The maximum Gasteiger partial charge on any atom is 0.249 e. The van der Waals surface area contributed by atoms with Gasteiger partial charge in [0.05, 0.1) is 17.1 Å². The van der Waals surface area contributed by atoms with Gasteiger partial charge in [0.25, 0.3) is 0 Å². The Bertz CT molecular complexity index is 1390. The number of amides is 2. The van der Waals surface area contributed by atoms with E-state index < -0.39 is 0 Å². The minimum atomic E-state index is -0.194. The number of rotatable bonds is 5. The SMILES string of the molecule is CCN(C(=O)CN1C(=O)CN=C(c2ccccc2)c2ccccc21)c1cccc2ccccc12. The van der Waals surface area contributed by atoms with Gasteiger partial charge in [-0.1, -0.05) is 84.9 Å². The van der Waals surface area contributed by atoms with Crippen molar-refractivity contribution in [3.63, 3.8) is 0 Å². The Kier molecular flexibility index (Phi) is 5.91. The number of aliphatic imine (C=N–C) groups is 1. The number of likely N-dealkylation sites (N-methyl/N-ethyl adjacent to an activating group) is 1. The Hall–Kier alpha value is -4.25. The Morgan fingerprint density at radius 3 is 2.41 bits per heavy atom. The largest absolute Gasteiger partial charge is 0.311 e. The average molecular weight is 448 g/mol. The number of benzene rings is 4. The fourth-order valence-electron chi connectivity index (χ4n) is 4.52. The highest BCUT2D eigenvalue weighted by atomic mass is 16.2. The second-order valence-electron chi connectivity index (χ2n) is 8.16. The number of anilines is 2. The minimum absolute atomic E-state index is 0.00736. The third-order valence-corrected chi connectivity index (χ3v) is 6.14. The fourth-order valence-corrected chi connectivity index (χ4v) is 4.52. The summed E-state index contributed by atoms with van der Waals surface area (Å²) in [7, 11) is 0. The van der Waals surface area contributed by atoms with E-state index in [2.05, 4.69) is 4.99 Å². The molecule has 1 heterocycles. The molecule has 5 nitrogen and oxygen atoms in total. The highest BCUT2D eigenvalue weighted by molar-refractivity contribution is 6.20. The third-order valence-electron chi connectivity index (χ3n) is 6.14. The summed E-state index contributed by atoms with van der Waals surface area (Å²) in [5, 5.41) is 2.08. The number of benzodiazepines with no additional fused rings is 1. The summed E-state index contributed by atoms with van der Waals surface area (Å²) in [5.74, 6) is -0.328. The van der Waals surface area contributed by atoms with Crippen LogP contribution in [0.4, 0.5) is 11.4 Å². The molecule has 5 heteroatoms. The van der Waals surface area contributed by atoms with Gasteiger partial charge < -0.3 is 9.80 Å². The second kappa shape index (κ2) is 9.32. The van der Waals surface area contributed by atoms with Crippen LogP contribution in [-0.4, -0.2) is 37.2 Å². The molecule has 4 aromatic rings. The minimum Gasteiger partial charge on any atom is -0.311 e. The van der Waals surface area contributed by atoms with E-state index in [0.29, 0.717) is 12.2 Å². The Morgan fingerprint density at radius 2 is 1.59 bits per heavy atom. The standard InChI is InChI=1S/C29H25N3O2/c1-2-31(25-18-10-14-21-11-6-7-15-23(21)25)28(34)20-32-26-17-9-8-16-24(26)29(30-19-27(32)33)22-12-4-3-5-13-22/h3-18H,2,19-20H2,1H3. The van der Waals surface area contributed by atoms with E-state index in [9.17, 15) is 9.59 Å². The molecule has 0 bridgehead atoms. The summed E-state index contributed by atoms with van der Waals surface area (Å²) in [4.78, 5) is 34.8. The molecule has 34 heavy (non-hydrogen) atoms. The molecular formula is C29H25N3O2. The van der Waals surface area contributed by atoms with Crippen LogP contribution >= 0.6 is 0 Å². The maximum atomic E-state index is 13.6. The highest BCUT2D eigenvalue weighted by Crippen LogP contribution is 2.29. The summed E-state index contributed by atoms with van der Waals surface area (Å²) >= 11 is 0. The third kappa shape index (κ3) is 3.97. The Balaban J connectivity index is 1.51. The van der Waals surface area contributed by atoms with Crippen LogP contribution in [0, 0.1) is 0 Å². The summed E-state index contributed by atoms with van der Waals surface area (Å²) in [6, 6.07) is 31.5. The molecule has 5 rings (SSSR count). The number of hydrogen-bond acceptors (Lipinski definition) is 3. The van der Waals surface area contributed by atoms with Gasteiger partial charge in [0.15, 0.2) is 0 Å². The molecule has 4 aromatic carbocycles. The zero-order valence-electron chi connectivity index (χ0n) is 19.0. The normalized spacial score (nSPS) is 13.3. The zero-order valence-corrected chi connectivity index (χ0v) is 19.0. The van der Waals surface area contributed by atoms with E-state index in [-0.39, 0.29) is 24.9 Å². The molecule has 0 radical (unpaired) electrons. The van der Waals surface area contributed by atoms with Crippen molar-refractivity contribution in [2.45, 2.75) is 6.92 Å². The summed E-state index contributed by atoms with van der Waals surface area (Å²) < 4.78 is 0. The molecule has 0 saturated carbocycles. The lowest BCUT2D eigenvalue weighted by molar-refractivity contribution is -0.121. The number of carbonyl (C=O) groups is 2. The molecule has 1 aliphatic rings. The number of nitrogens with zero attached hydrogens (tertiary/aromatic N) is 3. The molecule has 0 fully saturated rings. The van der Waals surface area contributed by atoms with Crippen LogP contribution in [-0.2, 0) is 9.59 Å². The topological polar surface area (TPSA) is 53.0 Å². The number of carbonyl (C=O) groups excluding carboxylic acids is 2. The van der Waals surface area contributed by atoms with Gasteiger partial charge in [-0.25, -0.2) is 0 Å². The first-order valence-corrected chi connectivity index (χ1v) is 11.4. The summed E-state index contributed by atoms with van der Waals surface area (Å²) in [5.41, 5.74) is 4.11. The molecule has 168 valence electrons. The van der Waals surface area contributed by atoms with Crippen LogP contribution in [0.5, 0.6) is 0 Å². The number of para-hydroxylation sites is 1. The van der Waals surface area contributed by atoms with Gasteiger partial charge in [0, 0.05) is 23.1 Å². The van der Waals surface area contributed by atoms with E-state index in [1.165, 1.54) is 0 Å². The van der Waals surface area contributed by atoms with Crippen LogP contribution in [0.3, 0.4) is 0 Å². The van der Waals surface area contributed by atoms with E-state index in [1.807, 2.05) is 104 Å². The van der Waals surface area contributed by atoms with E-state index in [4.69, 9.17) is 0 Å². The van der Waals surface area contributed by atoms with Crippen molar-refractivity contribution < 1.29 is 9.59 Å². The molecule has 0 saturated heterocycles. The van der Waals surface area contributed by atoms with Gasteiger partial charge >= 0.3 is 0 Å². The van der Waals surface area contributed by atoms with E-state index in [0.717, 1.165) is 33.3 Å². The first-order chi connectivity index (χ1) is 16.7. The van der Waals surface area contributed by atoms with Crippen molar-refractivity contribution in [3.05, 3.63) is 108 Å². The van der Waals surface area contributed by atoms with Crippen molar-refractivity contribution in [3.8, 4) is 0 Å². The molecule has 2 amide bonds. The number of fused-ring (bicyclic) bond motifs is 2. The van der Waals surface area contributed by atoms with Crippen LogP contribution < -0.4 is 9.80 Å². The van der Waals surface area contributed by atoms with E-state index in [1.54, 1.807) is 9.80 Å². The monoisotopic (exact) mass is 447 g/mol. The predicted molar refractivity (Wildman–Crippen MR) is 138 cm³/mol. The molecule has 1 aliphatic heterocycles. The quantitative estimate of drug-likeness (QED) is 0.429. The predicted octanol–water partition coefficient (Wildman–Crippen LogP) is 5.08. The smallest absolute Gasteiger partial charge is 0.249 e. The molecular weight excluding hydrogens is 422 g/mol. The van der Waals surface area contributed by atoms with Crippen LogP contribution in [0.1, 0.15) is 18.1 Å². The average Bonchev–Trinajstić information content (AvgIpc) is 3.02. The van der Waals surface area contributed by atoms with Crippen molar-refractivity contribution in [1.82, 2.24) is 0 Å². The van der Waals surface area contributed by atoms with Crippen molar-refractivity contribution in [2.75, 3.05) is 29.4 Å². The molecule has 0 unspecified atom stereocenters. The van der Waals surface area contributed by atoms with Gasteiger partial charge in [-0.2, -0.15) is 0 Å². The number of hydrogen-bond donors (Lipinski definition) is 0. The van der Waals surface area contributed by atoms with Crippen molar-refractivity contribution in [2.24, 2.45) is 4.99 Å². The molecule has 0 N–H and O–H groups in total. The van der Waals surface area contributed by atoms with Crippen molar-refractivity contribution in [1.29, 1.82) is 0 Å². The van der Waals surface area contributed by atoms with Gasteiger partial charge in [-0.3, -0.25) is 14.6 Å². The first-order valence-electron chi connectivity index (χ1n) is 11.4. The van der Waals surface area contributed by atoms with Gasteiger partial charge in [-0.05, 0) is 24.4 Å². The van der Waals surface area contributed by atoms with Gasteiger partial charge in [0.2, 0.25) is 11.8 Å². The zero-order chi connectivity index (χ0) is 23.5. The lowest BCUT2D eigenvalue weighted by Crippen LogP contribution is -2.44. The molecule has 0 aliphatic carbocycles. The molecule has 0 spiro atoms. The summed E-state index contributed by atoms with van der Waals surface area (Å²) in [6.45, 7) is 2.40. The molecule has 0 aromatic heterocycles. The van der Waals surface area contributed by atoms with Gasteiger partial charge in [0.1, 0.15) is 13.1 Å². The molecule has 0 atom stereocenters. The van der Waals surface area contributed by atoms with Crippen LogP contribution in [0.2, 0.25) is 0 Å². The first kappa shape index (κ1) is 21.6. The Morgan fingerprint density at radius 1 is 0.882 bits per heavy atom. The van der Waals surface area contributed by atoms with Crippen LogP contribution in [0.15, 0.2) is 102 Å². The second-order valence-corrected chi connectivity index (χ2v) is 8.16. The Labute approximate surface area is 199 Å². The maximum absolute atomic E-state index is 13.6. The summed E-state index contributed by atoms with van der Waals surface area (Å²) in [6.07, 6.45) is 0. The lowest BCUT2D eigenvalue weighted by atomic mass is 10.0. The fraction of sp³-hybridized carbons (Fsp3) is 0.138.